The van der Waals surface area contributed by atoms with Crippen LogP contribution in [0.15, 0.2) is 47.1 Å². The number of furan rings is 1. The van der Waals surface area contributed by atoms with E-state index in [0.717, 1.165) is 11.5 Å². The number of amides is 2. The Balaban J connectivity index is 1.73. The number of carbonyl (C=O) groups is 1. The van der Waals surface area contributed by atoms with E-state index in [1.54, 1.807) is 41.1 Å². The summed E-state index contributed by atoms with van der Waals surface area (Å²) in [5.41, 5.74) is 0.692. The number of rotatable bonds is 2. The van der Waals surface area contributed by atoms with Crippen LogP contribution in [-0.2, 0) is 0 Å². The summed E-state index contributed by atoms with van der Waals surface area (Å²) in [4.78, 5) is 14.1. The van der Waals surface area contributed by atoms with Gasteiger partial charge in [0.1, 0.15) is 11.1 Å². The van der Waals surface area contributed by atoms with Crippen LogP contribution in [0, 0.1) is 0 Å². The summed E-state index contributed by atoms with van der Waals surface area (Å²) < 4.78 is 5.40. The minimum absolute atomic E-state index is 0.0656. The van der Waals surface area contributed by atoms with E-state index in [1.807, 2.05) is 18.2 Å². The maximum absolute atomic E-state index is 12.3. The minimum Gasteiger partial charge on any atom is -0.466 e. The lowest BCUT2D eigenvalue weighted by molar-refractivity contribution is 0.210. The number of carbonyl (C=O) groups excluding carboxylic acids is 1. The summed E-state index contributed by atoms with van der Waals surface area (Å²) in [6, 6.07) is 10.7. The number of halogens is 1. The Hall–Kier alpha value is -1.59. The third kappa shape index (κ3) is 2.78. The Morgan fingerprint density at radius 2 is 2.30 bits per heavy atom. The van der Waals surface area contributed by atoms with Crippen molar-refractivity contribution in [3.05, 3.63) is 53.4 Å². The highest BCUT2D eigenvalue weighted by molar-refractivity contribution is 7.99. The van der Waals surface area contributed by atoms with Crippen LogP contribution < -0.4 is 5.32 Å². The van der Waals surface area contributed by atoms with Crippen LogP contribution in [-0.4, -0.2) is 23.2 Å². The first-order valence-electron chi connectivity index (χ1n) is 6.22. The van der Waals surface area contributed by atoms with Crippen molar-refractivity contribution in [2.75, 3.05) is 17.6 Å². The van der Waals surface area contributed by atoms with Crippen molar-refractivity contribution < 1.29 is 9.21 Å². The zero-order chi connectivity index (χ0) is 13.9. The normalized spacial score (nSPS) is 18.2. The summed E-state index contributed by atoms with van der Waals surface area (Å²) in [5, 5.41) is 3.40. The van der Waals surface area contributed by atoms with Gasteiger partial charge in [-0.05, 0) is 30.3 Å². The molecule has 0 unspecified atom stereocenters. The van der Waals surface area contributed by atoms with Crippen molar-refractivity contribution in [2.45, 2.75) is 5.37 Å². The Kier molecular flexibility index (Phi) is 3.89. The van der Waals surface area contributed by atoms with Crippen molar-refractivity contribution in [1.29, 1.82) is 0 Å². The Labute approximate surface area is 126 Å². The molecule has 104 valence electrons. The quantitative estimate of drug-likeness (QED) is 0.903. The lowest BCUT2D eigenvalue weighted by Gasteiger charge is -2.22. The van der Waals surface area contributed by atoms with Crippen molar-refractivity contribution >= 4 is 35.1 Å². The van der Waals surface area contributed by atoms with Crippen LogP contribution in [0.4, 0.5) is 10.5 Å². The topological polar surface area (TPSA) is 45.5 Å². The molecule has 2 aromatic rings. The molecule has 1 aromatic heterocycles. The Morgan fingerprint density at radius 3 is 3.05 bits per heavy atom. The van der Waals surface area contributed by atoms with Crippen LogP contribution in [0.25, 0.3) is 0 Å². The second kappa shape index (κ2) is 5.81. The van der Waals surface area contributed by atoms with Gasteiger partial charge < -0.3 is 14.6 Å². The average molecular weight is 309 g/mol. The number of thioether (sulfide) groups is 1. The van der Waals surface area contributed by atoms with E-state index in [4.69, 9.17) is 16.0 Å². The van der Waals surface area contributed by atoms with E-state index in [9.17, 15) is 4.79 Å². The van der Waals surface area contributed by atoms with Gasteiger partial charge in [-0.25, -0.2) is 4.79 Å². The number of anilines is 1. The molecule has 0 spiro atoms. The van der Waals surface area contributed by atoms with Crippen molar-refractivity contribution in [3.63, 3.8) is 0 Å². The summed E-state index contributed by atoms with van der Waals surface area (Å²) in [7, 11) is 0. The van der Waals surface area contributed by atoms with E-state index < -0.39 is 0 Å². The van der Waals surface area contributed by atoms with E-state index in [1.165, 1.54) is 0 Å². The molecule has 1 saturated heterocycles. The average Bonchev–Trinajstić information content (AvgIpc) is 3.09. The molecular weight excluding hydrogens is 296 g/mol. The number of hydrogen-bond donors (Lipinski definition) is 1. The van der Waals surface area contributed by atoms with Gasteiger partial charge in [-0.1, -0.05) is 17.7 Å². The molecule has 1 atom stereocenters. The molecule has 0 saturated carbocycles. The van der Waals surface area contributed by atoms with Gasteiger partial charge in [0, 0.05) is 23.0 Å². The van der Waals surface area contributed by atoms with Gasteiger partial charge in [0.25, 0.3) is 0 Å². The molecule has 6 heteroatoms. The predicted octanol–water partition coefficient (Wildman–Crippen LogP) is 4.21. The summed E-state index contributed by atoms with van der Waals surface area (Å²) in [6.45, 7) is 0.697. The smallest absolute Gasteiger partial charge is 0.323 e. The fourth-order valence-corrected chi connectivity index (χ4v) is 3.50. The molecule has 1 aromatic carbocycles. The van der Waals surface area contributed by atoms with Crippen molar-refractivity contribution in [1.82, 2.24) is 4.90 Å². The SMILES string of the molecule is O=C(Nc1cccc(Cl)c1)N1CCS[C@H]1c1ccco1. The van der Waals surface area contributed by atoms with E-state index in [-0.39, 0.29) is 11.4 Å². The van der Waals surface area contributed by atoms with Gasteiger partial charge in [0.05, 0.1) is 6.26 Å². The minimum atomic E-state index is -0.140. The summed E-state index contributed by atoms with van der Waals surface area (Å²) >= 11 is 7.61. The van der Waals surface area contributed by atoms with Crippen LogP contribution in [0.2, 0.25) is 5.02 Å². The maximum Gasteiger partial charge on any atom is 0.323 e. The molecule has 1 fully saturated rings. The highest BCUT2D eigenvalue weighted by atomic mass is 35.5. The van der Waals surface area contributed by atoms with Crippen molar-refractivity contribution in [3.8, 4) is 0 Å². The van der Waals surface area contributed by atoms with E-state index >= 15 is 0 Å². The number of urea groups is 1. The molecular formula is C14H13ClN2O2S. The highest BCUT2D eigenvalue weighted by Crippen LogP contribution is 2.38. The van der Waals surface area contributed by atoms with Crippen molar-refractivity contribution in [2.24, 2.45) is 0 Å². The molecule has 2 amide bonds. The van der Waals surface area contributed by atoms with Gasteiger partial charge in [-0.15, -0.1) is 11.8 Å². The first-order chi connectivity index (χ1) is 9.74. The zero-order valence-corrected chi connectivity index (χ0v) is 12.2. The Morgan fingerprint density at radius 1 is 1.40 bits per heavy atom. The summed E-state index contributed by atoms with van der Waals surface area (Å²) in [5.74, 6) is 1.70. The number of hydrogen-bond acceptors (Lipinski definition) is 3. The first kappa shape index (κ1) is 13.4. The molecule has 20 heavy (non-hydrogen) atoms. The standard InChI is InChI=1S/C14H13ClN2O2S/c15-10-3-1-4-11(9-10)16-14(18)17-6-8-20-13(17)12-5-2-7-19-12/h1-5,7,9,13H,6,8H2,(H,16,18)/t13-/m0/s1. The monoisotopic (exact) mass is 308 g/mol. The zero-order valence-electron chi connectivity index (χ0n) is 10.6. The fourth-order valence-electron chi connectivity index (χ4n) is 2.11. The van der Waals surface area contributed by atoms with Crippen LogP contribution in [0.1, 0.15) is 11.1 Å². The Bertz CT molecular complexity index is 603. The molecule has 3 rings (SSSR count). The summed E-state index contributed by atoms with van der Waals surface area (Å²) in [6.07, 6.45) is 1.63. The number of nitrogens with one attached hydrogen (secondary N) is 1. The molecule has 1 N–H and O–H groups in total. The van der Waals surface area contributed by atoms with Gasteiger partial charge in [-0.3, -0.25) is 0 Å². The van der Waals surface area contributed by atoms with Crippen LogP contribution in [0.5, 0.6) is 0 Å². The molecule has 2 heterocycles. The largest absolute Gasteiger partial charge is 0.466 e. The fraction of sp³-hybridized carbons (Fsp3) is 0.214. The molecule has 4 nitrogen and oxygen atoms in total. The molecule has 0 aliphatic carbocycles. The van der Waals surface area contributed by atoms with E-state index in [0.29, 0.717) is 17.3 Å². The second-order valence-corrected chi connectivity index (χ2v) is 6.00. The lowest BCUT2D eigenvalue weighted by Crippen LogP contribution is -2.34. The first-order valence-corrected chi connectivity index (χ1v) is 7.65. The predicted molar refractivity (Wildman–Crippen MR) is 81.1 cm³/mol. The number of nitrogens with zero attached hydrogens (tertiary/aromatic N) is 1. The van der Waals surface area contributed by atoms with Crippen LogP contribution >= 0.6 is 23.4 Å². The molecule has 0 bridgehead atoms. The molecule has 1 aliphatic heterocycles. The third-order valence-corrected chi connectivity index (χ3v) is 4.47. The van der Waals surface area contributed by atoms with Gasteiger partial charge in [-0.2, -0.15) is 0 Å². The van der Waals surface area contributed by atoms with Gasteiger partial charge >= 0.3 is 6.03 Å². The second-order valence-electron chi connectivity index (χ2n) is 4.37. The molecule has 0 radical (unpaired) electrons. The van der Waals surface area contributed by atoms with Gasteiger partial charge in [0.15, 0.2) is 0 Å². The maximum atomic E-state index is 12.3. The van der Waals surface area contributed by atoms with Crippen LogP contribution in [0.3, 0.4) is 0 Å². The lowest BCUT2D eigenvalue weighted by atomic mass is 10.3. The van der Waals surface area contributed by atoms with Gasteiger partial charge in [0.2, 0.25) is 0 Å². The number of benzene rings is 1. The highest BCUT2D eigenvalue weighted by Gasteiger charge is 2.32. The third-order valence-electron chi connectivity index (χ3n) is 3.01. The van der Waals surface area contributed by atoms with E-state index in [2.05, 4.69) is 5.32 Å². The molecule has 1 aliphatic rings.